The van der Waals surface area contributed by atoms with Crippen LogP contribution in [0.25, 0.3) is 0 Å². The molecule has 0 saturated carbocycles. The van der Waals surface area contributed by atoms with Gasteiger partial charge < -0.3 is 14.8 Å². The third-order valence-corrected chi connectivity index (χ3v) is 6.61. The normalized spacial score (nSPS) is 12.6. The summed E-state index contributed by atoms with van der Waals surface area (Å²) in [5.74, 6) is -0.998. The number of unbranched alkanes of at least 4 members (excludes halogenated alkanes) is 9. The smallest absolute Gasteiger partial charge is 0.302 e. The van der Waals surface area contributed by atoms with E-state index < -0.39 is 11.5 Å². The van der Waals surface area contributed by atoms with Gasteiger partial charge in [-0.15, -0.1) is 0 Å². The molecule has 0 spiro atoms. The number of carbonyl (C=O) groups is 3. The summed E-state index contributed by atoms with van der Waals surface area (Å²) in [6.45, 7) is 6.59. The Labute approximate surface area is 218 Å². The zero-order valence-corrected chi connectivity index (χ0v) is 23.2. The fourth-order valence-corrected chi connectivity index (χ4v) is 4.51. The van der Waals surface area contributed by atoms with E-state index in [-0.39, 0.29) is 25.1 Å². The Morgan fingerprint density at radius 2 is 1.19 bits per heavy atom. The van der Waals surface area contributed by atoms with Crippen LogP contribution in [0.4, 0.5) is 0 Å². The molecule has 0 fully saturated rings. The molecule has 1 amide bonds. The van der Waals surface area contributed by atoms with Crippen LogP contribution in [-0.2, 0) is 36.7 Å². The molecule has 6 heteroatoms. The lowest BCUT2D eigenvalue weighted by Crippen LogP contribution is -2.52. The number of amides is 1. The molecule has 1 atom stereocenters. The highest BCUT2D eigenvalue weighted by Crippen LogP contribution is 2.21. The van der Waals surface area contributed by atoms with Crippen LogP contribution < -0.4 is 5.32 Å². The van der Waals surface area contributed by atoms with E-state index >= 15 is 0 Å². The van der Waals surface area contributed by atoms with E-state index in [9.17, 15) is 14.4 Å². The molecule has 1 aromatic carbocycles. The van der Waals surface area contributed by atoms with Gasteiger partial charge in [-0.25, -0.2) is 0 Å². The minimum atomic E-state index is -0.790. The third kappa shape index (κ3) is 15.6. The molecule has 0 aromatic heterocycles. The van der Waals surface area contributed by atoms with Crippen molar-refractivity contribution >= 4 is 17.8 Å². The van der Waals surface area contributed by atoms with E-state index in [0.29, 0.717) is 19.3 Å². The van der Waals surface area contributed by atoms with E-state index in [4.69, 9.17) is 9.47 Å². The minimum Gasteiger partial charge on any atom is -0.466 e. The Balaban J connectivity index is 2.51. The molecule has 1 rings (SSSR count). The molecule has 0 aliphatic heterocycles. The van der Waals surface area contributed by atoms with Crippen LogP contribution in [-0.4, -0.2) is 36.6 Å². The number of hydrogen-bond acceptors (Lipinski definition) is 5. The Hall–Kier alpha value is -2.37. The van der Waals surface area contributed by atoms with Crippen LogP contribution in [0.1, 0.15) is 116 Å². The van der Waals surface area contributed by atoms with Gasteiger partial charge in [0.1, 0.15) is 6.61 Å². The summed E-state index contributed by atoms with van der Waals surface area (Å²) in [6.07, 6.45) is 16.2. The number of aryl methyl sites for hydroxylation is 2. The Bertz CT molecular complexity index is 761. The zero-order chi connectivity index (χ0) is 26.7. The van der Waals surface area contributed by atoms with Crippen LogP contribution in [0.5, 0.6) is 0 Å². The van der Waals surface area contributed by atoms with Gasteiger partial charge in [0.05, 0.1) is 12.1 Å². The number of nitrogens with one attached hydrogen (secondary N) is 1. The maximum Gasteiger partial charge on any atom is 0.302 e. The summed E-state index contributed by atoms with van der Waals surface area (Å²) in [5.41, 5.74) is 1.72. The Morgan fingerprint density at radius 3 is 1.69 bits per heavy atom. The van der Waals surface area contributed by atoms with Crippen LogP contribution in [0.2, 0.25) is 0 Å². The number of carbonyl (C=O) groups excluding carboxylic acids is 3. The maximum absolute atomic E-state index is 11.9. The predicted octanol–water partition coefficient (Wildman–Crippen LogP) is 6.47. The van der Waals surface area contributed by atoms with Gasteiger partial charge in [0.25, 0.3) is 0 Å². The number of hydrogen-bond donors (Lipinski definition) is 1. The fourth-order valence-electron chi connectivity index (χ4n) is 4.51. The van der Waals surface area contributed by atoms with Crippen molar-refractivity contribution in [2.45, 2.75) is 123 Å². The summed E-state index contributed by atoms with van der Waals surface area (Å²) >= 11 is 0. The first-order valence-corrected chi connectivity index (χ1v) is 13.9. The molecule has 204 valence electrons. The van der Waals surface area contributed by atoms with Crippen LogP contribution in [0.15, 0.2) is 24.3 Å². The highest BCUT2D eigenvalue weighted by Gasteiger charge is 2.32. The van der Waals surface area contributed by atoms with Gasteiger partial charge in [-0.3, -0.25) is 14.4 Å². The monoisotopic (exact) mass is 503 g/mol. The molecule has 6 nitrogen and oxygen atoms in total. The SMILES string of the molecule is CCCCCCCCCCCCc1ccc(CCC(CCOC(C)=O)(COC(C)=O)NC(C)=O)cc1. The summed E-state index contributed by atoms with van der Waals surface area (Å²) < 4.78 is 10.4. The van der Waals surface area contributed by atoms with E-state index in [1.54, 1.807) is 0 Å². The second kappa shape index (κ2) is 18.8. The molecule has 1 unspecified atom stereocenters. The highest BCUT2D eigenvalue weighted by atomic mass is 16.5. The molecular formula is C30H49NO5. The Kier molecular flexibility index (Phi) is 16.6. The van der Waals surface area contributed by atoms with Crippen molar-refractivity contribution in [2.75, 3.05) is 13.2 Å². The van der Waals surface area contributed by atoms with Crippen LogP contribution >= 0.6 is 0 Å². The van der Waals surface area contributed by atoms with Gasteiger partial charge in [-0.1, -0.05) is 89.0 Å². The van der Waals surface area contributed by atoms with Crippen LogP contribution in [0, 0.1) is 0 Å². The van der Waals surface area contributed by atoms with Crippen LogP contribution in [0.3, 0.4) is 0 Å². The van der Waals surface area contributed by atoms with Crippen molar-refractivity contribution in [1.29, 1.82) is 0 Å². The molecule has 36 heavy (non-hydrogen) atoms. The quantitative estimate of drug-likeness (QED) is 0.163. The maximum atomic E-state index is 11.9. The van der Waals surface area contributed by atoms with Gasteiger partial charge >= 0.3 is 11.9 Å². The molecule has 0 heterocycles. The van der Waals surface area contributed by atoms with E-state index in [2.05, 4.69) is 36.5 Å². The second-order valence-corrected chi connectivity index (χ2v) is 10.1. The number of esters is 2. The number of ether oxygens (including phenoxy) is 2. The lowest BCUT2D eigenvalue weighted by Gasteiger charge is -2.34. The fraction of sp³-hybridized carbons (Fsp3) is 0.700. The predicted molar refractivity (Wildman–Crippen MR) is 145 cm³/mol. The lowest BCUT2D eigenvalue weighted by atomic mass is 9.88. The van der Waals surface area contributed by atoms with Crippen molar-refractivity contribution in [3.05, 3.63) is 35.4 Å². The van der Waals surface area contributed by atoms with Gasteiger partial charge in [-0.2, -0.15) is 0 Å². The average molecular weight is 504 g/mol. The molecule has 0 radical (unpaired) electrons. The first-order chi connectivity index (χ1) is 17.3. The number of rotatable bonds is 20. The first kappa shape index (κ1) is 31.7. The summed E-state index contributed by atoms with van der Waals surface area (Å²) in [4.78, 5) is 34.6. The third-order valence-electron chi connectivity index (χ3n) is 6.61. The standard InChI is InChI=1S/C30H49NO5/c1-5-6-7-8-9-10-11-12-13-14-15-28-16-18-29(19-17-28)20-21-30(31-25(2)32,24-36-27(4)34)22-23-35-26(3)33/h16-19H,5-15,20-24H2,1-4H3,(H,31,32). The van der Waals surface area contributed by atoms with Gasteiger partial charge in [0, 0.05) is 27.2 Å². The van der Waals surface area contributed by atoms with E-state index in [0.717, 1.165) is 12.0 Å². The molecule has 0 saturated heterocycles. The molecule has 1 aromatic rings. The van der Waals surface area contributed by atoms with Gasteiger partial charge in [0.2, 0.25) is 5.91 Å². The summed E-state index contributed by atoms with van der Waals surface area (Å²) in [7, 11) is 0. The minimum absolute atomic E-state index is 0.0417. The second-order valence-electron chi connectivity index (χ2n) is 10.1. The highest BCUT2D eigenvalue weighted by molar-refractivity contribution is 5.74. The van der Waals surface area contributed by atoms with Crippen molar-refractivity contribution < 1.29 is 23.9 Å². The topological polar surface area (TPSA) is 81.7 Å². The lowest BCUT2D eigenvalue weighted by molar-refractivity contribution is -0.147. The Morgan fingerprint density at radius 1 is 0.694 bits per heavy atom. The number of benzene rings is 1. The van der Waals surface area contributed by atoms with Crippen molar-refractivity contribution in [3.8, 4) is 0 Å². The largest absolute Gasteiger partial charge is 0.466 e. The van der Waals surface area contributed by atoms with E-state index in [1.165, 1.54) is 90.5 Å². The van der Waals surface area contributed by atoms with Crippen molar-refractivity contribution in [1.82, 2.24) is 5.32 Å². The summed E-state index contributed by atoms with van der Waals surface area (Å²) in [6, 6.07) is 8.66. The molecular weight excluding hydrogens is 454 g/mol. The van der Waals surface area contributed by atoms with Crippen molar-refractivity contribution in [2.24, 2.45) is 0 Å². The summed E-state index contributed by atoms with van der Waals surface area (Å²) in [5, 5.41) is 2.96. The van der Waals surface area contributed by atoms with Gasteiger partial charge in [0.15, 0.2) is 0 Å². The van der Waals surface area contributed by atoms with E-state index in [1.807, 2.05) is 0 Å². The van der Waals surface area contributed by atoms with Gasteiger partial charge in [-0.05, 0) is 36.8 Å². The molecule has 0 aliphatic carbocycles. The molecule has 0 bridgehead atoms. The first-order valence-electron chi connectivity index (χ1n) is 13.9. The average Bonchev–Trinajstić information content (AvgIpc) is 2.82. The molecule has 0 aliphatic rings. The molecule has 1 N–H and O–H groups in total. The van der Waals surface area contributed by atoms with Crippen molar-refractivity contribution in [3.63, 3.8) is 0 Å². The zero-order valence-electron chi connectivity index (χ0n) is 23.2.